The molecule has 1 unspecified atom stereocenters. The molecule has 2 nitrogen and oxygen atoms in total. The zero-order chi connectivity index (χ0) is 16.0. The van der Waals surface area contributed by atoms with E-state index in [1.165, 1.54) is 12.1 Å². The summed E-state index contributed by atoms with van der Waals surface area (Å²) in [5.74, 6) is -4.65. The number of halogens is 5. The number of likely N-dealkylation sites (N-methyl/N-ethyl adjacent to an activating group) is 1. The SMILES string of the molecule is CCNC(COCC(F)(F)C(F)F)c1cc(F)ccc1C. The average Bonchev–Trinajstić information content (AvgIpc) is 2.40. The Kier molecular flexibility index (Phi) is 6.54. The van der Waals surface area contributed by atoms with Gasteiger partial charge in [0.2, 0.25) is 0 Å². The van der Waals surface area contributed by atoms with Crippen LogP contribution in [0, 0.1) is 12.7 Å². The molecule has 120 valence electrons. The molecule has 0 saturated carbocycles. The van der Waals surface area contributed by atoms with Gasteiger partial charge in [-0.05, 0) is 36.7 Å². The molecule has 1 rings (SSSR count). The third-order valence-electron chi connectivity index (χ3n) is 2.97. The first-order valence-corrected chi connectivity index (χ1v) is 6.51. The Morgan fingerprint density at radius 2 is 1.95 bits per heavy atom. The summed E-state index contributed by atoms with van der Waals surface area (Å²) in [5.41, 5.74) is 1.31. The van der Waals surface area contributed by atoms with Gasteiger partial charge in [-0.15, -0.1) is 0 Å². The van der Waals surface area contributed by atoms with Gasteiger partial charge in [0.25, 0.3) is 0 Å². The molecule has 7 heteroatoms. The van der Waals surface area contributed by atoms with Crippen LogP contribution in [-0.2, 0) is 4.74 Å². The molecule has 0 aliphatic carbocycles. The van der Waals surface area contributed by atoms with Crippen LogP contribution in [0.2, 0.25) is 0 Å². The molecule has 0 aromatic heterocycles. The topological polar surface area (TPSA) is 21.3 Å². The van der Waals surface area contributed by atoms with Crippen LogP contribution in [0.4, 0.5) is 22.0 Å². The summed E-state index contributed by atoms with van der Waals surface area (Å²) in [7, 11) is 0. The fourth-order valence-electron chi connectivity index (χ4n) is 1.87. The van der Waals surface area contributed by atoms with Crippen molar-refractivity contribution < 1.29 is 26.7 Å². The molecule has 0 saturated heterocycles. The van der Waals surface area contributed by atoms with Gasteiger partial charge in [0, 0.05) is 0 Å². The maximum absolute atomic E-state index is 13.3. The second-order valence-corrected chi connectivity index (χ2v) is 4.69. The number of ether oxygens (including phenoxy) is 1. The van der Waals surface area contributed by atoms with E-state index in [2.05, 4.69) is 5.32 Å². The molecule has 1 N–H and O–H groups in total. The number of alkyl halides is 4. The highest BCUT2D eigenvalue weighted by Gasteiger charge is 2.41. The maximum Gasteiger partial charge on any atom is 0.330 e. The van der Waals surface area contributed by atoms with Gasteiger partial charge in [0.05, 0.1) is 12.6 Å². The molecule has 1 aromatic rings. The van der Waals surface area contributed by atoms with Crippen molar-refractivity contribution in [2.24, 2.45) is 0 Å². The van der Waals surface area contributed by atoms with Crippen LogP contribution < -0.4 is 5.32 Å². The third-order valence-corrected chi connectivity index (χ3v) is 2.97. The maximum atomic E-state index is 13.3. The van der Waals surface area contributed by atoms with Gasteiger partial charge in [-0.1, -0.05) is 13.0 Å². The van der Waals surface area contributed by atoms with Gasteiger partial charge in [0.15, 0.2) is 0 Å². The molecule has 0 spiro atoms. The second-order valence-electron chi connectivity index (χ2n) is 4.69. The van der Waals surface area contributed by atoms with Gasteiger partial charge in [-0.2, -0.15) is 8.78 Å². The first kappa shape index (κ1) is 17.8. The number of hydrogen-bond acceptors (Lipinski definition) is 2. The van der Waals surface area contributed by atoms with Crippen molar-refractivity contribution >= 4 is 0 Å². The van der Waals surface area contributed by atoms with Gasteiger partial charge in [-0.3, -0.25) is 0 Å². The van der Waals surface area contributed by atoms with E-state index in [1.807, 2.05) is 0 Å². The van der Waals surface area contributed by atoms with Crippen LogP contribution in [-0.4, -0.2) is 32.1 Å². The summed E-state index contributed by atoms with van der Waals surface area (Å²) in [6.45, 7) is 2.40. The quantitative estimate of drug-likeness (QED) is 0.739. The average molecular weight is 311 g/mol. The molecular weight excluding hydrogens is 293 g/mol. The highest BCUT2D eigenvalue weighted by Crippen LogP contribution is 2.24. The summed E-state index contributed by atoms with van der Waals surface area (Å²) >= 11 is 0. The number of nitrogens with one attached hydrogen (secondary N) is 1. The minimum Gasteiger partial charge on any atom is -0.373 e. The molecule has 0 bridgehead atoms. The first-order chi connectivity index (χ1) is 9.77. The van der Waals surface area contributed by atoms with Crippen LogP contribution in [0.25, 0.3) is 0 Å². The van der Waals surface area contributed by atoms with Crippen molar-refractivity contribution in [1.82, 2.24) is 5.32 Å². The molecule has 1 atom stereocenters. The van der Waals surface area contributed by atoms with E-state index in [0.717, 1.165) is 5.56 Å². The summed E-state index contributed by atoms with van der Waals surface area (Å²) in [4.78, 5) is 0. The van der Waals surface area contributed by atoms with E-state index in [9.17, 15) is 22.0 Å². The lowest BCUT2D eigenvalue weighted by Gasteiger charge is -2.22. The molecule has 0 fully saturated rings. The normalized spacial score (nSPS) is 13.7. The van der Waals surface area contributed by atoms with Crippen LogP contribution in [0.3, 0.4) is 0 Å². The molecule has 0 aliphatic rings. The van der Waals surface area contributed by atoms with Crippen molar-refractivity contribution in [2.45, 2.75) is 32.2 Å². The summed E-state index contributed by atoms with van der Waals surface area (Å²) in [6.07, 6.45) is -3.77. The van der Waals surface area contributed by atoms with Gasteiger partial charge in [0.1, 0.15) is 12.4 Å². The van der Waals surface area contributed by atoms with Gasteiger partial charge in [-0.25, -0.2) is 13.2 Å². The van der Waals surface area contributed by atoms with E-state index >= 15 is 0 Å². The lowest BCUT2D eigenvalue weighted by atomic mass is 10.0. The Morgan fingerprint density at radius 1 is 1.29 bits per heavy atom. The van der Waals surface area contributed by atoms with Crippen molar-refractivity contribution in [3.05, 3.63) is 35.1 Å². The van der Waals surface area contributed by atoms with Crippen molar-refractivity contribution in [3.8, 4) is 0 Å². The standard InChI is InChI=1S/C14H18F5NO/c1-3-20-12(7-21-8-14(18,19)13(16)17)11-6-10(15)5-4-9(11)2/h4-6,12-13,20H,3,7-8H2,1-2H3. The zero-order valence-corrected chi connectivity index (χ0v) is 11.8. The van der Waals surface area contributed by atoms with E-state index < -0.39 is 30.8 Å². The fourth-order valence-corrected chi connectivity index (χ4v) is 1.87. The lowest BCUT2D eigenvalue weighted by molar-refractivity contribution is -0.167. The smallest absolute Gasteiger partial charge is 0.330 e. The second kappa shape index (κ2) is 7.70. The van der Waals surface area contributed by atoms with Crippen LogP contribution in [0.1, 0.15) is 24.1 Å². The van der Waals surface area contributed by atoms with Crippen LogP contribution >= 0.6 is 0 Å². The van der Waals surface area contributed by atoms with Gasteiger partial charge < -0.3 is 10.1 Å². The molecule has 0 radical (unpaired) electrons. The van der Waals surface area contributed by atoms with Crippen LogP contribution in [0.5, 0.6) is 0 Å². The molecule has 1 aromatic carbocycles. The Hall–Kier alpha value is -1.21. The lowest BCUT2D eigenvalue weighted by Crippen LogP contribution is -2.34. The molecule has 21 heavy (non-hydrogen) atoms. The highest BCUT2D eigenvalue weighted by molar-refractivity contribution is 5.29. The molecule has 0 amide bonds. The number of rotatable bonds is 8. The van der Waals surface area contributed by atoms with E-state index in [-0.39, 0.29) is 6.61 Å². The monoisotopic (exact) mass is 311 g/mol. The molecule has 0 aliphatic heterocycles. The van der Waals surface area contributed by atoms with Gasteiger partial charge >= 0.3 is 12.3 Å². The van der Waals surface area contributed by atoms with Crippen LogP contribution in [0.15, 0.2) is 18.2 Å². The fraction of sp³-hybridized carbons (Fsp3) is 0.571. The summed E-state index contributed by atoms with van der Waals surface area (Å²) in [6, 6.07) is 3.58. The largest absolute Gasteiger partial charge is 0.373 e. The highest BCUT2D eigenvalue weighted by atomic mass is 19.3. The first-order valence-electron chi connectivity index (χ1n) is 6.51. The number of benzene rings is 1. The minimum atomic E-state index is -4.19. The number of hydrogen-bond donors (Lipinski definition) is 1. The van der Waals surface area contributed by atoms with Crippen molar-refractivity contribution in [1.29, 1.82) is 0 Å². The van der Waals surface area contributed by atoms with E-state index in [4.69, 9.17) is 4.74 Å². The Balaban J connectivity index is 2.72. The summed E-state index contributed by atoms with van der Waals surface area (Å²) < 4.78 is 67.6. The minimum absolute atomic E-state index is 0.250. The zero-order valence-electron chi connectivity index (χ0n) is 11.8. The number of aryl methyl sites for hydroxylation is 1. The predicted octanol–water partition coefficient (Wildman–Crippen LogP) is 3.70. The van der Waals surface area contributed by atoms with Crippen molar-refractivity contribution in [2.75, 3.05) is 19.8 Å². The third kappa shape index (κ3) is 5.24. The molecule has 0 heterocycles. The Bertz CT molecular complexity index is 453. The van der Waals surface area contributed by atoms with E-state index in [1.54, 1.807) is 19.9 Å². The summed E-state index contributed by atoms with van der Waals surface area (Å²) in [5, 5.41) is 2.96. The Labute approximate surface area is 120 Å². The van der Waals surface area contributed by atoms with E-state index in [0.29, 0.717) is 12.1 Å². The predicted molar refractivity (Wildman–Crippen MR) is 69.3 cm³/mol. The van der Waals surface area contributed by atoms with Crippen molar-refractivity contribution in [3.63, 3.8) is 0 Å². The Morgan fingerprint density at radius 3 is 2.52 bits per heavy atom. The molecular formula is C14H18F5NO.